The maximum absolute atomic E-state index is 12.4. The van der Waals surface area contributed by atoms with Gasteiger partial charge in [-0.3, -0.25) is 0 Å². The Morgan fingerprint density at radius 3 is 2.62 bits per heavy atom. The van der Waals surface area contributed by atoms with E-state index in [1.165, 1.54) is 5.01 Å². The Balaban J connectivity index is 1.62. The minimum absolute atomic E-state index is 0.0743. The number of nitrogens with two attached hydrogens (primary N) is 1. The van der Waals surface area contributed by atoms with Gasteiger partial charge in [-0.15, -0.1) is 0 Å². The standard InChI is InChI=1S/C14H16N4O3/c15-13(19)21-11-8-17(9-11)14(20)18-12(6-7-16-18)10-4-2-1-3-5-10/h1-5,7,11-12H,6,8-9H2,(H2,15,19). The molecule has 7 nitrogen and oxygen atoms in total. The van der Waals surface area contributed by atoms with Crippen molar-refractivity contribution in [3.05, 3.63) is 35.9 Å². The highest BCUT2D eigenvalue weighted by Crippen LogP contribution is 2.30. The Morgan fingerprint density at radius 1 is 1.24 bits per heavy atom. The first-order valence-electron chi connectivity index (χ1n) is 6.77. The summed E-state index contributed by atoms with van der Waals surface area (Å²) < 4.78 is 4.83. The number of rotatable bonds is 2. The molecule has 1 unspecified atom stereocenters. The van der Waals surface area contributed by atoms with Crippen molar-refractivity contribution in [3.63, 3.8) is 0 Å². The van der Waals surface area contributed by atoms with Gasteiger partial charge < -0.3 is 15.4 Å². The van der Waals surface area contributed by atoms with Crippen molar-refractivity contribution >= 4 is 18.3 Å². The van der Waals surface area contributed by atoms with Gasteiger partial charge in [0.2, 0.25) is 0 Å². The normalized spacial score (nSPS) is 21.2. The molecular formula is C14H16N4O3. The Hall–Kier alpha value is -2.57. The molecule has 0 spiro atoms. The summed E-state index contributed by atoms with van der Waals surface area (Å²) in [5, 5.41) is 5.65. The zero-order valence-electron chi connectivity index (χ0n) is 11.4. The molecule has 2 N–H and O–H groups in total. The number of urea groups is 1. The van der Waals surface area contributed by atoms with Crippen LogP contribution in [0.3, 0.4) is 0 Å². The van der Waals surface area contributed by atoms with Crippen molar-refractivity contribution in [3.8, 4) is 0 Å². The Kier molecular flexibility index (Phi) is 3.47. The molecule has 3 amide bonds. The van der Waals surface area contributed by atoms with Crippen molar-refractivity contribution in [2.24, 2.45) is 10.8 Å². The molecule has 0 aliphatic carbocycles. The molecular weight excluding hydrogens is 272 g/mol. The summed E-state index contributed by atoms with van der Waals surface area (Å²) in [7, 11) is 0. The summed E-state index contributed by atoms with van der Waals surface area (Å²) in [6.45, 7) is 0.713. The van der Waals surface area contributed by atoms with Crippen LogP contribution in [-0.2, 0) is 4.74 Å². The molecule has 1 fully saturated rings. The highest BCUT2D eigenvalue weighted by atomic mass is 16.6. The number of primary amides is 1. The minimum Gasteiger partial charge on any atom is -0.443 e. The van der Waals surface area contributed by atoms with E-state index in [4.69, 9.17) is 10.5 Å². The van der Waals surface area contributed by atoms with Gasteiger partial charge in [0.15, 0.2) is 0 Å². The average Bonchev–Trinajstić information content (AvgIpc) is 2.92. The average molecular weight is 288 g/mol. The van der Waals surface area contributed by atoms with Gasteiger partial charge in [0.25, 0.3) is 0 Å². The fourth-order valence-corrected chi connectivity index (χ4v) is 2.53. The second kappa shape index (κ2) is 5.43. The first-order valence-corrected chi connectivity index (χ1v) is 6.77. The van der Waals surface area contributed by atoms with Gasteiger partial charge in [0.1, 0.15) is 6.10 Å². The lowest BCUT2D eigenvalue weighted by molar-refractivity contribution is 0.000506. The van der Waals surface area contributed by atoms with E-state index in [1.807, 2.05) is 30.3 Å². The van der Waals surface area contributed by atoms with Gasteiger partial charge in [-0.25, -0.2) is 14.6 Å². The third kappa shape index (κ3) is 2.67. The predicted octanol–water partition coefficient (Wildman–Crippen LogP) is 1.32. The maximum atomic E-state index is 12.4. The van der Waals surface area contributed by atoms with E-state index >= 15 is 0 Å². The number of benzene rings is 1. The first kappa shape index (κ1) is 13.4. The smallest absolute Gasteiger partial charge is 0.404 e. The van der Waals surface area contributed by atoms with Crippen LogP contribution in [0.5, 0.6) is 0 Å². The monoisotopic (exact) mass is 288 g/mol. The lowest BCUT2D eigenvalue weighted by Crippen LogP contribution is -2.58. The van der Waals surface area contributed by atoms with Crippen LogP contribution in [0.2, 0.25) is 0 Å². The molecule has 110 valence electrons. The number of carbonyl (C=O) groups is 2. The molecule has 2 aliphatic rings. The van der Waals surface area contributed by atoms with Crippen LogP contribution in [-0.4, -0.2) is 47.4 Å². The summed E-state index contributed by atoms with van der Waals surface area (Å²) in [5.41, 5.74) is 6.00. The predicted molar refractivity (Wildman–Crippen MR) is 75.6 cm³/mol. The molecule has 1 aromatic carbocycles. The zero-order valence-corrected chi connectivity index (χ0v) is 11.4. The number of nitrogens with zero attached hydrogens (tertiary/aromatic N) is 3. The molecule has 7 heteroatoms. The number of hydrogen-bond donors (Lipinski definition) is 1. The van der Waals surface area contributed by atoms with Crippen LogP contribution in [0.15, 0.2) is 35.4 Å². The summed E-state index contributed by atoms with van der Waals surface area (Å²) in [6, 6.07) is 9.53. The second-order valence-electron chi connectivity index (χ2n) is 5.05. The van der Waals surface area contributed by atoms with E-state index < -0.39 is 6.09 Å². The molecule has 0 aromatic heterocycles. The quantitative estimate of drug-likeness (QED) is 0.890. The SMILES string of the molecule is NC(=O)OC1CN(C(=O)N2N=CCC2c2ccccc2)C1. The Bertz CT molecular complexity index is 569. The molecule has 0 radical (unpaired) electrons. The van der Waals surface area contributed by atoms with Crippen LogP contribution in [0.4, 0.5) is 9.59 Å². The van der Waals surface area contributed by atoms with Crippen LogP contribution in [0.1, 0.15) is 18.0 Å². The number of hydrogen-bond acceptors (Lipinski definition) is 4. The second-order valence-corrected chi connectivity index (χ2v) is 5.05. The first-order chi connectivity index (χ1) is 10.1. The van der Waals surface area contributed by atoms with Gasteiger partial charge >= 0.3 is 12.1 Å². The summed E-state index contributed by atoms with van der Waals surface area (Å²) in [6.07, 6.45) is 1.32. The molecule has 21 heavy (non-hydrogen) atoms. The molecule has 0 saturated carbocycles. The summed E-state index contributed by atoms with van der Waals surface area (Å²) >= 11 is 0. The third-order valence-electron chi connectivity index (χ3n) is 3.61. The lowest BCUT2D eigenvalue weighted by Gasteiger charge is -2.40. The van der Waals surface area contributed by atoms with Gasteiger partial charge in [0.05, 0.1) is 19.1 Å². The summed E-state index contributed by atoms with van der Waals surface area (Å²) in [4.78, 5) is 24.6. The Morgan fingerprint density at radius 2 is 1.95 bits per heavy atom. The Labute approximate surface area is 122 Å². The summed E-state index contributed by atoms with van der Waals surface area (Å²) in [5.74, 6) is 0. The van der Waals surface area contributed by atoms with Crippen molar-refractivity contribution in [1.29, 1.82) is 0 Å². The van der Waals surface area contributed by atoms with Gasteiger partial charge in [0, 0.05) is 12.6 Å². The van der Waals surface area contributed by atoms with E-state index in [0.717, 1.165) is 5.56 Å². The van der Waals surface area contributed by atoms with E-state index in [1.54, 1.807) is 11.1 Å². The fraction of sp³-hybridized carbons (Fsp3) is 0.357. The van der Waals surface area contributed by atoms with Crippen LogP contribution in [0.25, 0.3) is 0 Å². The third-order valence-corrected chi connectivity index (χ3v) is 3.61. The lowest BCUT2D eigenvalue weighted by atomic mass is 10.0. The number of carbonyl (C=O) groups excluding carboxylic acids is 2. The zero-order chi connectivity index (χ0) is 14.8. The van der Waals surface area contributed by atoms with Crippen LogP contribution in [0, 0.1) is 0 Å². The topological polar surface area (TPSA) is 88.2 Å². The van der Waals surface area contributed by atoms with Crippen molar-refractivity contribution in [2.75, 3.05) is 13.1 Å². The number of amides is 3. The molecule has 1 aromatic rings. The minimum atomic E-state index is -0.812. The molecule has 0 bridgehead atoms. The fourth-order valence-electron chi connectivity index (χ4n) is 2.53. The molecule has 1 atom stereocenters. The highest BCUT2D eigenvalue weighted by Gasteiger charge is 2.39. The number of hydrazone groups is 1. The molecule has 1 saturated heterocycles. The van der Waals surface area contributed by atoms with E-state index in [9.17, 15) is 9.59 Å². The van der Waals surface area contributed by atoms with Gasteiger partial charge in [-0.05, 0) is 5.56 Å². The molecule has 2 aliphatic heterocycles. The van der Waals surface area contributed by atoms with Gasteiger partial charge in [-0.1, -0.05) is 30.3 Å². The van der Waals surface area contributed by atoms with E-state index in [2.05, 4.69) is 5.10 Å². The number of ether oxygens (including phenoxy) is 1. The maximum Gasteiger partial charge on any atom is 0.404 e. The van der Waals surface area contributed by atoms with Crippen molar-refractivity contribution in [2.45, 2.75) is 18.6 Å². The van der Waals surface area contributed by atoms with Gasteiger partial charge in [-0.2, -0.15) is 5.10 Å². The highest BCUT2D eigenvalue weighted by molar-refractivity contribution is 5.79. The molecule has 2 heterocycles. The number of likely N-dealkylation sites (tertiary alicyclic amines) is 1. The largest absolute Gasteiger partial charge is 0.443 e. The van der Waals surface area contributed by atoms with E-state index in [0.29, 0.717) is 19.5 Å². The molecule has 3 rings (SSSR count). The van der Waals surface area contributed by atoms with Crippen molar-refractivity contribution in [1.82, 2.24) is 9.91 Å². The van der Waals surface area contributed by atoms with Crippen LogP contribution < -0.4 is 5.73 Å². The van der Waals surface area contributed by atoms with Crippen LogP contribution >= 0.6 is 0 Å². The van der Waals surface area contributed by atoms with E-state index in [-0.39, 0.29) is 18.2 Å². The van der Waals surface area contributed by atoms with Crippen molar-refractivity contribution < 1.29 is 14.3 Å².